The Labute approximate surface area is 350 Å². The van der Waals surface area contributed by atoms with E-state index < -0.39 is 25.9 Å². The molecule has 60 heavy (non-hydrogen) atoms. The van der Waals surface area contributed by atoms with Gasteiger partial charge in [-0.05, 0) is 85.2 Å². The highest BCUT2D eigenvalue weighted by molar-refractivity contribution is 6.71. The van der Waals surface area contributed by atoms with E-state index in [1.807, 2.05) is 160 Å². The number of fused-ring (bicyclic) bond motifs is 2. The zero-order valence-corrected chi connectivity index (χ0v) is 34.8. The quantitative estimate of drug-likeness (QED) is 0.0806. The maximum Gasteiger partial charge on any atom is 0.264 e. The van der Waals surface area contributed by atoms with Gasteiger partial charge in [0.15, 0.2) is 13.9 Å². The lowest BCUT2D eigenvalue weighted by Crippen LogP contribution is -2.46. The molecule has 1 fully saturated rings. The number of nitrogens with zero attached hydrogens (tertiary/aromatic N) is 6. The molecule has 1 aromatic heterocycles. The molecule has 1 unspecified atom stereocenters. The van der Waals surface area contributed by atoms with Gasteiger partial charge in [-0.3, -0.25) is 28.9 Å². The number of carbonyl (C=O) groups is 3. The summed E-state index contributed by atoms with van der Waals surface area (Å²) >= 11 is 0. The number of carbonyl (C=O) groups excluding carboxylic acids is 3. The molecular formula is C47H48N6O6Si. The lowest BCUT2D eigenvalue weighted by molar-refractivity contribution is -0.146. The minimum absolute atomic E-state index is 0.126. The van der Waals surface area contributed by atoms with Crippen molar-refractivity contribution in [2.24, 2.45) is 5.92 Å². The van der Waals surface area contributed by atoms with Gasteiger partial charge in [0, 0.05) is 52.5 Å². The lowest BCUT2D eigenvalue weighted by atomic mass is 9.82. The van der Waals surface area contributed by atoms with Gasteiger partial charge < -0.3 is 19.5 Å². The van der Waals surface area contributed by atoms with Crippen molar-refractivity contribution in [3.8, 4) is 0 Å². The molecule has 306 valence electrons. The summed E-state index contributed by atoms with van der Waals surface area (Å²) in [6.07, 6.45) is 3.26. The summed E-state index contributed by atoms with van der Waals surface area (Å²) in [4.78, 5) is 57.3. The Kier molecular flexibility index (Phi) is 11.3. The van der Waals surface area contributed by atoms with E-state index >= 15 is 4.79 Å². The molecule has 5 aromatic carbocycles. The molecule has 13 heteroatoms. The molecule has 5 atom stereocenters. The van der Waals surface area contributed by atoms with Crippen LogP contribution in [0.5, 0.6) is 0 Å². The van der Waals surface area contributed by atoms with Crippen molar-refractivity contribution < 1.29 is 29.0 Å². The molecule has 3 heterocycles. The number of hydrogen-bond acceptors (Lipinski definition) is 8. The third kappa shape index (κ3) is 7.45. The predicted molar refractivity (Wildman–Crippen MR) is 233 cm³/mol. The molecule has 1 spiro atoms. The van der Waals surface area contributed by atoms with Crippen LogP contribution in [0.3, 0.4) is 0 Å². The largest absolute Gasteiger partial charge is 0.432 e. The van der Waals surface area contributed by atoms with E-state index in [-0.39, 0.29) is 30.5 Å². The molecule has 2 aliphatic rings. The minimum Gasteiger partial charge on any atom is -0.432 e. The number of aliphatic hydroxyl groups excluding tert-OH is 1. The zero-order chi connectivity index (χ0) is 42.0. The van der Waals surface area contributed by atoms with Crippen LogP contribution in [0.1, 0.15) is 41.6 Å². The second-order valence-electron chi connectivity index (χ2n) is 16.1. The summed E-state index contributed by atoms with van der Waals surface area (Å²) in [5.74, 6) is -1.06. The molecule has 6 aromatic rings. The van der Waals surface area contributed by atoms with Gasteiger partial charge in [-0.1, -0.05) is 91.0 Å². The molecule has 0 bridgehead atoms. The van der Waals surface area contributed by atoms with Gasteiger partial charge in [-0.2, -0.15) is 0 Å². The van der Waals surface area contributed by atoms with Crippen molar-refractivity contribution in [1.29, 1.82) is 0 Å². The van der Waals surface area contributed by atoms with Gasteiger partial charge in [-0.15, -0.1) is 5.10 Å². The van der Waals surface area contributed by atoms with Crippen LogP contribution in [0, 0.1) is 5.92 Å². The molecule has 3 amide bonds. The zero-order valence-electron chi connectivity index (χ0n) is 33.8. The van der Waals surface area contributed by atoms with Crippen LogP contribution in [0.2, 0.25) is 18.6 Å². The maximum atomic E-state index is 15.4. The Morgan fingerprint density at radius 2 is 1.42 bits per heavy atom. The average Bonchev–Trinajstić information content (AvgIpc) is 3.92. The number of hydrogen-bond donors (Lipinski definition) is 2. The van der Waals surface area contributed by atoms with Gasteiger partial charge in [0.05, 0.1) is 36.6 Å². The predicted octanol–water partition coefficient (Wildman–Crippen LogP) is 7.43. The highest BCUT2D eigenvalue weighted by Gasteiger charge is 2.66. The second kappa shape index (κ2) is 16.8. The number of benzene rings is 5. The second-order valence-corrected chi connectivity index (χ2v) is 20.1. The highest BCUT2D eigenvalue weighted by atomic mass is 28.4. The van der Waals surface area contributed by atoms with Crippen LogP contribution in [-0.2, 0) is 37.8 Å². The van der Waals surface area contributed by atoms with Gasteiger partial charge in [-0.25, -0.2) is 0 Å². The van der Waals surface area contributed by atoms with E-state index in [0.29, 0.717) is 52.7 Å². The third-order valence-corrected chi connectivity index (χ3v) is 14.5. The van der Waals surface area contributed by atoms with Crippen LogP contribution in [0.4, 0.5) is 28.4 Å². The van der Waals surface area contributed by atoms with E-state index in [1.165, 1.54) is 0 Å². The van der Waals surface area contributed by atoms with Crippen molar-refractivity contribution in [3.05, 3.63) is 162 Å². The summed E-state index contributed by atoms with van der Waals surface area (Å²) in [7, 11) is -3.02. The molecule has 0 aliphatic carbocycles. The number of para-hydroxylation sites is 2. The smallest absolute Gasteiger partial charge is 0.264 e. The summed E-state index contributed by atoms with van der Waals surface area (Å²) in [6, 6.07) is 41.4. The first-order valence-electron chi connectivity index (χ1n) is 20.2. The minimum atomic E-state index is -3.02. The Hall–Kier alpha value is -6.25. The van der Waals surface area contributed by atoms with Gasteiger partial charge in [0.1, 0.15) is 0 Å². The van der Waals surface area contributed by atoms with Crippen molar-refractivity contribution in [3.63, 3.8) is 0 Å². The lowest BCUT2D eigenvalue weighted by Gasteiger charge is -2.32. The van der Waals surface area contributed by atoms with Gasteiger partial charge in [0.25, 0.3) is 5.91 Å². The van der Waals surface area contributed by atoms with Crippen LogP contribution in [0.25, 0.3) is 0 Å². The van der Waals surface area contributed by atoms with Crippen LogP contribution in [0.15, 0.2) is 140 Å². The fraction of sp³-hybridized carbons (Fsp3) is 0.255. The molecule has 12 nitrogen and oxygen atoms in total. The number of aryl methyl sites for hydroxylation is 1. The van der Waals surface area contributed by atoms with E-state index in [4.69, 9.17) is 4.74 Å². The average molecular weight is 821 g/mol. The number of rotatable bonds is 15. The van der Waals surface area contributed by atoms with E-state index in [9.17, 15) is 19.5 Å². The summed E-state index contributed by atoms with van der Waals surface area (Å²) in [5, 5.41) is 19.1. The Balaban J connectivity index is 1.16. The first kappa shape index (κ1) is 40.5. The first-order chi connectivity index (χ1) is 29.1. The molecule has 0 saturated carbocycles. The van der Waals surface area contributed by atoms with Crippen LogP contribution >= 0.6 is 0 Å². The topological polar surface area (TPSA) is 141 Å². The normalized spacial score (nSPS) is 20.2. The number of amides is 3. The standard InChI is InChI=1S/C47H48N6O6Si/c1-33-45(60(2,3)58)44(24-25-50-29-42(48-49-50)40(30-54)35-15-7-4-8-16-35)59-47(33)41-27-39(53(32-56)37-19-11-6-12-20-37)22-23-43(41)51(46(47)57)28-34-14-13-21-38(26-34)52(31-55)36-17-9-5-10-18-36/h4-23,26-27,29,31-33,40,44-45,54,58H,24-25,28,30H2,1-3H3/t33-,40?,44+,45-,47+/m1/s1. The molecule has 0 radical (unpaired) electrons. The van der Waals surface area contributed by atoms with Crippen molar-refractivity contribution in [1.82, 2.24) is 15.0 Å². The Bertz CT molecular complexity index is 2460. The molecule has 2 aliphatic heterocycles. The van der Waals surface area contributed by atoms with E-state index in [2.05, 4.69) is 10.3 Å². The number of aromatic nitrogens is 3. The fourth-order valence-corrected chi connectivity index (χ4v) is 11.8. The Morgan fingerprint density at radius 1 is 0.817 bits per heavy atom. The van der Waals surface area contributed by atoms with Crippen LogP contribution < -0.4 is 14.7 Å². The third-order valence-electron chi connectivity index (χ3n) is 12.0. The van der Waals surface area contributed by atoms with Crippen molar-refractivity contribution in [2.75, 3.05) is 21.3 Å². The monoisotopic (exact) mass is 820 g/mol. The molecule has 1 saturated heterocycles. The molecule has 2 N–H and O–H groups in total. The summed E-state index contributed by atoms with van der Waals surface area (Å²) in [5.41, 5.74) is 4.38. The highest BCUT2D eigenvalue weighted by Crippen LogP contribution is 2.60. The Morgan fingerprint density at radius 3 is 2.02 bits per heavy atom. The van der Waals surface area contributed by atoms with Crippen LogP contribution in [-0.4, -0.2) is 64.7 Å². The van der Waals surface area contributed by atoms with E-state index in [1.54, 1.807) is 19.4 Å². The van der Waals surface area contributed by atoms with E-state index in [0.717, 1.165) is 23.9 Å². The molecular weight excluding hydrogens is 773 g/mol. The summed E-state index contributed by atoms with van der Waals surface area (Å²) in [6.45, 7) is 6.21. The molecule has 8 rings (SSSR count). The van der Waals surface area contributed by atoms with Gasteiger partial charge in [0.2, 0.25) is 12.8 Å². The number of ether oxygens (including phenoxy) is 1. The number of anilines is 5. The van der Waals surface area contributed by atoms with Gasteiger partial charge >= 0.3 is 0 Å². The maximum absolute atomic E-state index is 15.4. The van der Waals surface area contributed by atoms with Crippen molar-refractivity contribution in [2.45, 2.75) is 62.7 Å². The SMILES string of the molecule is C[C@@H]1[C@@H]([Si](C)(C)O)[C@H](CCn2cc(C(CO)c3ccccc3)nn2)O[C@@]12C(=O)N(Cc1cccc(N(C=O)c3ccccc3)c1)c1ccc(N(C=O)c3ccccc3)cc12. The first-order valence-corrected chi connectivity index (χ1v) is 23.2. The summed E-state index contributed by atoms with van der Waals surface area (Å²) < 4.78 is 8.89. The number of aliphatic hydroxyl groups is 1. The fourth-order valence-electron chi connectivity index (χ4n) is 9.25. The van der Waals surface area contributed by atoms with Crippen molar-refractivity contribution >= 4 is 55.5 Å².